The number of rotatable bonds is 4. The van der Waals surface area contributed by atoms with E-state index >= 15 is 0 Å². The Kier molecular flexibility index (Phi) is 2.67. The predicted octanol–water partition coefficient (Wildman–Crippen LogP) is -0.400. The molecule has 0 fully saturated rings. The summed E-state index contributed by atoms with van der Waals surface area (Å²) in [6.45, 7) is 0.785. The molecule has 0 radical (unpaired) electrons. The molecule has 0 aliphatic heterocycles. The summed E-state index contributed by atoms with van der Waals surface area (Å²) in [5, 5.41) is 11.6. The Bertz CT molecular complexity index is 784. The van der Waals surface area contributed by atoms with E-state index in [2.05, 4.69) is 15.4 Å². The highest BCUT2D eigenvalue weighted by Crippen LogP contribution is 1.96. The third-order valence-corrected chi connectivity index (χ3v) is 2.71. The molecule has 96 valence electrons. The number of aryl methyl sites for hydroxylation is 2. The van der Waals surface area contributed by atoms with Gasteiger partial charge in [-0.1, -0.05) is 11.3 Å². The van der Waals surface area contributed by atoms with Gasteiger partial charge < -0.3 is 0 Å². The lowest BCUT2D eigenvalue weighted by atomic mass is 10.5. The highest BCUT2D eigenvalue weighted by molar-refractivity contribution is 5.70. The summed E-state index contributed by atoms with van der Waals surface area (Å²) in [4.78, 5) is 22.5. The number of hydrogen-bond donors (Lipinski definition) is 0. The van der Waals surface area contributed by atoms with Crippen LogP contribution < -0.4 is 5.69 Å². The van der Waals surface area contributed by atoms with E-state index in [4.69, 9.17) is 0 Å². The standard InChI is InChI=1S/C11H10N6O2/c18-8-9-7-15(14-12-9)5-6-17-11(19)16-4-2-1-3-10(16)13-17/h1-4,7-8H,5-6H2. The zero-order valence-corrected chi connectivity index (χ0v) is 9.88. The number of carbonyl (C=O) groups excluding carboxylic acids is 1. The van der Waals surface area contributed by atoms with E-state index in [1.807, 2.05) is 6.07 Å². The molecule has 3 heterocycles. The van der Waals surface area contributed by atoms with Crippen molar-refractivity contribution in [1.82, 2.24) is 29.2 Å². The van der Waals surface area contributed by atoms with E-state index < -0.39 is 0 Å². The summed E-state index contributed by atoms with van der Waals surface area (Å²) >= 11 is 0. The van der Waals surface area contributed by atoms with Gasteiger partial charge in [0.05, 0.1) is 19.3 Å². The van der Waals surface area contributed by atoms with Gasteiger partial charge in [0.25, 0.3) is 0 Å². The van der Waals surface area contributed by atoms with Crippen LogP contribution in [0.3, 0.4) is 0 Å². The van der Waals surface area contributed by atoms with Crippen molar-refractivity contribution in [2.24, 2.45) is 0 Å². The molecule has 3 rings (SSSR count). The molecular formula is C11H10N6O2. The average Bonchev–Trinajstić information content (AvgIpc) is 3.02. The highest BCUT2D eigenvalue weighted by Gasteiger charge is 2.06. The van der Waals surface area contributed by atoms with Crippen LogP contribution in [0.1, 0.15) is 10.5 Å². The molecule has 0 spiro atoms. The first-order valence-electron chi connectivity index (χ1n) is 5.67. The molecule has 0 aliphatic rings. The smallest absolute Gasteiger partial charge is 0.296 e. The monoisotopic (exact) mass is 258 g/mol. The molecule has 0 aliphatic carbocycles. The Hall–Kier alpha value is -2.77. The topological polar surface area (TPSA) is 87.1 Å². The molecule has 3 aromatic rings. The molecule has 19 heavy (non-hydrogen) atoms. The summed E-state index contributed by atoms with van der Waals surface area (Å²) in [5.74, 6) is 0. The first kappa shape index (κ1) is 11.3. The van der Waals surface area contributed by atoms with E-state index in [1.54, 1.807) is 18.3 Å². The van der Waals surface area contributed by atoms with Crippen LogP contribution >= 0.6 is 0 Å². The predicted molar refractivity (Wildman–Crippen MR) is 64.9 cm³/mol. The van der Waals surface area contributed by atoms with E-state index in [0.717, 1.165) is 0 Å². The summed E-state index contributed by atoms with van der Waals surface area (Å²) in [7, 11) is 0. The maximum absolute atomic E-state index is 12.0. The number of carbonyl (C=O) groups is 1. The largest absolute Gasteiger partial charge is 0.350 e. The van der Waals surface area contributed by atoms with E-state index in [9.17, 15) is 9.59 Å². The van der Waals surface area contributed by atoms with Gasteiger partial charge in [0.15, 0.2) is 11.9 Å². The van der Waals surface area contributed by atoms with Crippen molar-refractivity contribution in [1.29, 1.82) is 0 Å². The maximum atomic E-state index is 12.0. The van der Waals surface area contributed by atoms with Crippen LogP contribution in [0.15, 0.2) is 35.4 Å². The third-order valence-electron chi connectivity index (χ3n) is 2.71. The number of hydrogen-bond acceptors (Lipinski definition) is 5. The van der Waals surface area contributed by atoms with Gasteiger partial charge in [-0.25, -0.2) is 14.2 Å². The summed E-state index contributed by atoms with van der Waals surface area (Å²) in [6, 6.07) is 5.35. The lowest BCUT2D eigenvalue weighted by Crippen LogP contribution is -2.23. The van der Waals surface area contributed by atoms with Gasteiger partial charge in [-0.15, -0.1) is 10.2 Å². The molecule has 0 atom stereocenters. The normalized spacial score (nSPS) is 10.9. The molecule has 0 bridgehead atoms. The number of aromatic nitrogens is 6. The zero-order valence-electron chi connectivity index (χ0n) is 9.88. The number of fused-ring (bicyclic) bond motifs is 1. The summed E-state index contributed by atoms with van der Waals surface area (Å²) < 4.78 is 4.33. The second-order valence-electron chi connectivity index (χ2n) is 3.96. The van der Waals surface area contributed by atoms with Crippen LogP contribution in [0.25, 0.3) is 5.65 Å². The first-order chi connectivity index (χ1) is 9.28. The summed E-state index contributed by atoms with van der Waals surface area (Å²) in [5.41, 5.74) is 0.661. The molecule has 0 saturated heterocycles. The third kappa shape index (κ3) is 2.03. The molecular weight excluding hydrogens is 248 g/mol. The average molecular weight is 258 g/mol. The molecule has 0 saturated carbocycles. The fourth-order valence-corrected chi connectivity index (χ4v) is 1.79. The highest BCUT2D eigenvalue weighted by atomic mass is 16.2. The first-order valence-corrected chi connectivity index (χ1v) is 5.67. The van der Waals surface area contributed by atoms with Crippen LogP contribution in [0, 0.1) is 0 Å². The molecule has 0 unspecified atom stereocenters. The number of aldehydes is 1. The van der Waals surface area contributed by atoms with Gasteiger partial charge in [-0.2, -0.15) is 0 Å². The van der Waals surface area contributed by atoms with Crippen molar-refractivity contribution in [3.63, 3.8) is 0 Å². The number of pyridine rings is 1. The van der Waals surface area contributed by atoms with E-state index in [1.165, 1.54) is 20.0 Å². The molecule has 0 aromatic carbocycles. The zero-order chi connectivity index (χ0) is 13.2. The lowest BCUT2D eigenvalue weighted by molar-refractivity contribution is 0.111. The van der Waals surface area contributed by atoms with Gasteiger partial charge in [0.2, 0.25) is 0 Å². The lowest BCUT2D eigenvalue weighted by Gasteiger charge is -1.98. The van der Waals surface area contributed by atoms with Crippen LogP contribution in [0.4, 0.5) is 0 Å². The Morgan fingerprint density at radius 2 is 2.16 bits per heavy atom. The van der Waals surface area contributed by atoms with E-state index in [-0.39, 0.29) is 11.4 Å². The van der Waals surface area contributed by atoms with Crippen LogP contribution in [-0.2, 0) is 13.1 Å². The van der Waals surface area contributed by atoms with Crippen LogP contribution in [0.2, 0.25) is 0 Å². The summed E-state index contributed by atoms with van der Waals surface area (Å²) in [6.07, 6.45) is 3.82. The van der Waals surface area contributed by atoms with Crippen LogP contribution in [-0.4, -0.2) is 35.5 Å². The second-order valence-corrected chi connectivity index (χ2v) is 3.96. The van der Waals surface area contributed by atoms with Crippen molar-refractivity contribution < 1.29 is 4.79 Å². The van der Waals surface area contributed by atoms with Crippen molar-refractivity contribution in [3.05, 3.63) is 46.8 Å². The Balaban J connectivity index is 1.83. The maximum Gasteiger partial charge on any atom is 0.350 e. The molecule has 0 N–H and O–H groups in total. The van der Waals surface area contributed by atoms with Gasteiger partial charge in [0, 0.05) is 6.20 Å². The Morgan fingerprint density at radius 3 is 2.89 bits per heavy atom. The molecule has 3 aromatic heterocycles. The quantitative estimate of drug-likeness (QED) is 0.594. The van der Waals surface area contributed by atoms with Gasteiger partial charge in [0.1, 0.15) is 5.69 Å². The van der Waals surface area contributed by atoms with Crippen molar-refractivity contribution in [2.75, 3.05) is 0 Å². The fraction of sp³-hybridized carbons (Fsp3) is 0.182. The SMILES string of the molecule is O=Cc1cn(CCn2nc3ccccn3c2=O)nn1. The second kappa shape index (κ2) is 4.48. The van der Waals surface area contributed by atoms with E-state index in [0.29, 0.717) is 25.0 Å². The van der Waals surface area contributed by atoms with Gasteiger partial charge in [-0.3, -0.25) is 9.20 Å². The van der Waals surface area contributed by atoms with Crippen molar-refractivity contribution in [2.45, 2.75) is 13.1 Å². The fourth-order valence-electron chi connectivity index (χ4n) is 1.79. The Labute approximate surface area is 106 Å². The molecule has 0 amide bonds. The molecule has 8 heteroatoms. The van der Waals surface area contributed by atoms with Crippen LogP contribution in [0.5, 0.6) is 0 Å². The van der Waals surface area contributed by atoms with Crippen molar-refractivity contribution in [3.8, 4) is 0 Å². The van der Waals surface area contributed by atoms with Gasteiger partial charge >= 0.3 is 5.69 Å². The van der Waals surface area contributed by atoms with Crippen molar-refractivity contribution >= 4 is 11.9 Å². The minimum Gasteiger partial charge on any atom is -0.296 e. The van der Waals surface area contributed by atoms with Gasteiger partial charge in [-0.05, 0) is 12.1 Å². The molecule has 8 nitrogen and oxygen atoms in total. The minimum absolute atomic E-state index is 0.202. The Morgan fingerprint density at radius 1 is 1.26 bits per heavy atom. The number of nitrogens with zero attached hydrogens (tertiary/aromatic N) is 6. The minimum atomic E-state index is -0.202.